The number of benzene rings is 2. The molecule has 2 aliphatic rings. The number of hydrogen-bond acceptors (Lipinski definition) is 4. The smallest absolute Gasteiger partial charge is 0.277 e. The first kappa shape index (κ1) is 24.4. The van der Waals surface area contributed by atoms with Gasteiger partial charge in [0.15, 0.2) is 0 Å². The zero-order chi connectivity index (χ0) is 26.2. The third kappa shape index (κ3) is 3.11. The lowest BCUT2D eigenvalue weighted by Crippen LogP contribution is -2.55. The molecule has 35 heavy (non-hydrogen) atoms. The molecule has 184 valence electrons. The van der Waals surface area contributed by atoms with Crippen LogP contribution in [0.15, 0.2) is 36.4 Å². The molecule has 2 aromatic rings. The lowest BCUT2D eigenvalue weighted by molar-refractivity contribution is -0.288. The van der Waals surface area contributed by atoms with Gasteiger partial charge in [0.2, 0.25) is 5.41 Å². The SMILES string of the molecule is CC(C)N1C(=O)c2ccc(C(c3ccc4c(c3)C(=O)N(C)C4=O)(C(F)(F)F)C(F)(F)F)cc2C1=O. The quantitative estimate of drug-likeness (QED) is 0.467. The van der Waals surface area contributed by atoms with Crippen LogP contribution in [0.1, 0.15) is 66.4 Å². The number of halogens is 6. The van der Waals surface area contributed by atoms with Gasteiger partial charge in [-0.25, -0.2) is 0 Å². The Balaban J connectivity index is 2.03. The fraction of sp³-hybridized carbons (Fsp3) is 0.304. The van der Waals surface area contributed by atoms with Crippen LogP contribution in [0.4, 0.5) is 26.3 Å². The van der Waals surface area contributed by atoms with Crippen molar-refractivity contribution in [1.29, 1.82) is 0 Å². The van der Waals surface area contributed by atoms with E-state index >= 15 is 0 Å². The highest BCUT2D eigenvalue weighted by Gasteiger charge is 2.73. The third-order valence-corrected chi connectivity index (χ3v) is 6.24. The van der Waals surface area contributed by atoms with Crippen molar-refractivity contribution in [1.82, 2.24) is 9.80 Å². The Bertz CT molecular complexity index is 1300. The molecule has 2 aliphatic heterocycles. The van der Waals surface area contributed by atoms with Crippen molar-refractivity contribution in [2.75, 3.05) is 7.05 Å². The number of imide groups is 2. The summed E-state index contributed by atoms with van der Waals surface area (Å²) in [5, 5.41) is 0. The summed E-state index contributed by atoms with van der Waals surface area (Å²) in [7, 11) is 1.05. The molecule has 0 N–H and O–H groups in total. The van der Waals surface area contributed by atoms with Gasteiger partial charge < -0.3 is 0 Å². The van der Waals surface area contributed by atoms with E-state index in [0.29, 0.717) is 29.2 Å². The van der Waals surface area contributed by atoms with E-state index in [1.165, 1.54) is 13.8 Å². The molecule has 0 saturated carbocycles. The lowest BCUT2D eigenvalue weighted by Gasteiger charge is -2.38. The molecule has 0 fully saturated rings. The van der Waals surface area contributed by atoms with Gasteiger partial charge in [-0.1, -0.05) is 12.1 Å². The number of rotatable bonds is 3. The van der Waals surface area contributed by atoms with E-state index < -0.39 is 69.7 Å². The summed E-state index contributed by atoms with van der Waals surface area (Å²) >= 11 is 0. The zero-order valence-electron chi connectivity index (χ0n) is 18.3. The number of alkyl halides is 6. The van der Waals surface area contributed by atoms with Crippen LogP contribution in [0.5, 0.6) is 0 Å². The molecule has 0 unspecified atom stereocenters. The van der Waals surface area contributed by atoms with E-state index in [1.54, 1.807) is 0 Å². The van der Waals surface area contributed by atoms with Crippen LogP contribution in [0, 0.1) is 0 Å². The van der Waals surface area contributed by atoms with Crippen molar-refractivity contribution in [2.24, 2.45) is 0 Å². The van der Waals surface area contributed by atoms with E-state index in [0.717, 1.165) is 24.1 Å². The average Bonchev–Trinajstić information content (AvgIpc) is 3.11. The normalized spacial score (nSPS) is 16.5. The summed E-state index contributed by atoms with van der Waals surface area (Å²) in [5.41, 5.74) is -9.22. The molecule has 0 aliphatic carbocycles. The van der Waals surface area contributed by atoms with Crippen molar-refractivity contribution in [2.45, 2.75) is 37.7 Å². The summed E-state index contributed by atoms with van der Waals surface area (Å²) in [6, 6.07) is 2.63. The molecule has 6 nitrogen and oxygen atoms in total. The maximum atomic E-state index is 14.5. The predicted octanol–water partition coefficient (Wildman–Crippen LogP) is 4.33. The highest BCUT2D eigenvalue weighted by Crippen LogP contribution is 2.57. The summed E-state index contributed by atoms with van der Waals surface area (Å²) in [5.74, 6) is -3.76. The highest BCUT2D eigenvalue weighted by molar-refractivity contribution is 6.22. The maximum absolute atomic E-state index is 14.5. The lowest BCUT2D eigenvalue weighted by atomic mass is 9.71. The Kier molecular flexibility index (Phi) is 5.16. The molecule has 12 heteroatoms. The Morgan fingerprint density at radius 2 is 1.00 bits per heavy atom. The van der Waals surface area contributed by atoms with Crippen LogP contribution in [-0.4, -0.2) is 58.9 Å². The molecule has 0 aromatic heterocycles. The average molecular weight is 498 g/mol. The number of nitrogens with zero attached hydrogens (tertiary/aromatic N) is 2. The molecular weight excluding hydrogens is 482 g/mol. The summed E-state index contributed by atoms with van der Waals surface area (Å²) < 4.78 is 87.2. The molecular formula is C23H16F6N2O4. The van der Waals surface area contributed by atoms with Crippen molar-refractivity contribution < 1.29 is 45.5 Å². The molecule has 2 heterocycles. The Hall–Kier alpha value is -3.70. The minimum absolute atomic E-state index is 0.318. The summed E-state index contributed by atoms with van der Waals surface area (Å²) in [4.78, 5) is 50.9. The largest absolute Gasteiger partial charge is 0.411 e. The van der Waals surface area contributed by atoms with Crippen LogP contribution < -0.4 is 0 Å². The molecule has 0 atom stereocenters. The van der Waals surface area contributed by atoms with Crippen LogP contribution in [0.2, 0.25) is 0 Å². The Morgan fingerprint density at radius 1 is 0.629 bits per heavy atom. The number of amides is 4. The fourth-order valence-electron chi connectivity index (χ4n) is 4.54. The molecule has 4 rings (SSSR count). The second-order valence-corrected chi connectivity index (χ2v) is 8.51. The van der Waals surface area contributed by atoms with Gasteiger partial charge in [0, 0.05) is 13.1 Å². The first-order valence-electron chi connectivity index (χ1n) is 10.2. The maximum Gasteiger partial charge on any atom is 0.411 e. The van der Waals surface area contributed by atoms with E-state index in [-0.39, 0.29) is 11.1 Å². The molecule has 0 bridgehead atoms. The van der Waals surface area contributed by atoms with Gasteiger partial charge in [0.1, 0.15) is 0 Å². The Morgan fingerprint density at radius 3 is 1.43 bits per heavy atom. The van der Waals surface area contributed by atoms with E-state index in [9.17, 15) is 45.5 Å². The van der Waals surface area contributed by atoms with Crippen molar-refractivity contribution in [3.8, 4) is 0 Å². The van der Waals surface area contributed by atoms with Crippen molar-refractivity contribution in [3.05, 3.63) is 69.8 Å². The van der Waals surface area contributed by atoms with E-state index in [1.807, 2.05) is 0 Å². The first-order valence-corrected chi connectivity index (χ1v) is 10.2. The molecule has 0 spiro atoms. The van der Waals surface area contributed by atoms with Crippen molar-refractivity contribution >= 4 is 23.6 Å². The van der Waals surface area contributed by atoms with Crippen LogP contribution in [0.3, 0.4) is 0 Å². The van der Waals surface area contributed by atoms with Gasteiger partial charge in [-0.15, -0.1) is 0 Å². The third-order valence-electron chi connectivity index (χ3n) is 6.24. The summed E-state index contributed by atoms with van der Waals surface area (Å²) in [6.45, 7) is 2.94. The zero-order valence-corrected chi connectivity index (χ0v) is 18.3. The minimum Gasteiger partial charge on any atom is -0.277 e. The van der Waals surface area contributed by atoms with Gasteiger partial charge in [-0.05, 0) is 49.2 Å². The van der Waals surface area contributed by atoms with Gasteiger partial charge in [-0.2, -0.15) is 26.3 Å². The number of carbonyl (C=O) groups is 4. The standard InChI is InChI=1S/C23H16F6N2O4/c1-10(2)31-19(34)14-7-5-12(9-16(14)20(31)35)21(22(24,25)26,23(27,28)29)11-4-6-13-15(8-11)18(33)30(3)17(13)32/h4-10H,1-3H3. The van der Waals surface area contributed by atoms with Crippen molar-refractivity contribution in [3.63, 3.8) is 0 Å². The molecule has 2 aromatic carbocycles. The number of fused-ring (bicyclic) bond motifs is 2. The number of hydrogen-bond donors (Lipinski definition) is 0. The molecule has 0 saturated heterocycles. The van der Waals surface area contributed by atoms with E-state index in [4.69, 9.17) is 0 Å². The monoisotopic (exact) mass is 498 g/mol. The number of carbonyl (C=O) groups excluding carboxylic acids is 4. The minimum atomic E-state index is -5.99. The topological polar surface area (TPSA) is 74.8 Å². The van der Waals surface area contributed by atoms with Crippen LogP contribution in [0.25, 0.3) is 0 Å². The van der Waals surface area contributed by atoms with E-state index in [2.05, 4.69) is 0 Å². The fourth-order valence-corrected chi connectivity index (χ4v) is 4.54. The second-order valence-electron chi connectivity index (χ2n) is 8.51. The van der Waals surface area contributed by atoms with Gasteiger partial charge in [-0.3, -0.25) is 29.0 Å². The summed E-state index contributed by atoms with van der Waals surface area (Å²) in [6.07, 6.45) is -12.0. The predicted molar refractivity (Wildman–Crippen MR) is 108 cm³/mol. The van der Waals surface area contributed by atoms with Gasteiger partial charge in [0.25, 0.3) is 23.6 Å². The second kappa shape index (κ2) is 7.40. The molecule has 4 amide bonds. The van der Waals surface area contributed by atoms with Crippen LogP contribution in [-0.2, 0) is 5.41 Å². The highest BCUT2D eigenvalue weighted by atomic mass is 19.4. The van der Waals surface area contributed by atoms with Gasteiger partial charge in [0.05, 0.1) is 22.3 Å². The van der Waals surface area contributed by atoms with Gasteiger partial charge >= 0.3 is 12.4 Å². The Labute approximate surface area is 194 Å². The first-order chi connectivity index (χ1) is 16.1. The van der Waals surface area contributed by atoms with Crippen LogP contribution >= 0.6 is 0 Å². The molecule has 0 radical (unpaired) electrons.